The summed E-state index contributed by atoms with van der Waals surface area (Å²) < 4.78 is 60.6. The van der Waals surface area contributed by atoms with Gasteiger partial charge >= 0.3 is 11.2 Å². The lowest BCUT2D eigenvalue weighted by molar-refractivity contribution is -0.202. The fourth-order valence-corrected chi connectivity index (χ4v) is 4.28. The second kappa shape index (κ2) is 5.36. The van der Waals surface area contributed by atoms with Gasteiger partial charge in [0.15, 0.2) is 0 Å². The summed E-state index contributed by atoms with van der Waals surface area (Å²) in [6, 6.07) is 0. The Balaban J connectivity index is 1.66. The van der Waals surface area contributed by atoms with Crippen molar-refractivity contribution in [3.63, 3.8) is 0 Å². The molecule has 4 nitrogen and oxygen atoms in total. The molecule has 9 heteroatoms. The normalized spacial score (nSPS) is 32.4. The molecule has 2 aliphatic carbocycles. The number of alkyl halides is 4. The molecule has 3 unspecified atom stereocenters. The zero-order valence-corrected chi connectivity index (χ0v) is 12.4. The summed E-state index contributed by atoms with van der Waals surface area (Å²) in [6.07, 6.45) is 1.72. The van der Waals surface area contributed by atoms with E-state index < -0.39 is 41.0 Å². The van der Waals surface area contributed by atoms with E-state index in [1.54, 1.807) is 0 Å². The Labute approximate surface area is 128 Å². The Hall–Kier alpha value is -0.830. The molecule has 124 valence electrons. The van der Waals surface area contributed by atoms with Gasteiger partial charge in [-0.3, -0.25) is 9.59 Å². The molecule has 3 atom stereocenters. The Kier molecular flexibility index (Phi) is 3.91. The van der Waals surface area contributed by atoms with Crippen molar-refractivity contribution >= 4 is 23.9 Å². The predicted octanol–water partition coefficient (Wildman–Crippen LogP) is 3.38. The Morgan fingerprint density at radius 3 is 2.18 bits per heavy atom. The van der Waals surface area contributed by atoms with Gasteiger partial charge in [0.2, 0.25) is 0 Å². The van der Waals surface area contributed by atoms with Gasteiger partial charge in [-0.1, -0.05) is 6.42 Å². The largest absolute Gasteiger partial charge is 0.382 e. The van der Waals surface area contributed by atoms with Gasteiger partial charge in [-0.05, 0) is 31.1 Å². The van der Waals surface area contributed by atoms with Gasteiger partial charge in [0.25, 0.3) is 11.8 Å². The summed E-state index contributed by atoms with van der Waals surface area (Å²) >= 11 is -0.794. The van der Waals surface area contributed by atoms with E-state index in [9.17, 15) is 27.2 Å². The van der Waals surface area contributed by atoms with Gasteiger partial charge in [0.1, 0.15) is 12.0 Å². The summed E-state index contributed by atoms with van der Waals surface area (Å²) in [4.78, 5) is 22.5. The number of hydroxylamine groups is 2. The van der Waals surface area contributed by atoms with E-state index in [1.807, 2.05) is 0 Å². The molecule has 2 saturated carbocycles. The number of halogens is 4. The minimum Gasteiger partial charge on any atom is -0.272 e. The van der Waals surface area contributed by atoms with Gasteiger partial charge in [-0.25, -0.2) is 0 Å². The van der Waals surface area contributed by atoms with Crippen LogP contribution in [0.4, 0.5) is 17.6 Å². The highest BCUT2D eigenvalue weighted by Gasteiger charge is 2.66. The van der Waals surface area contributed by atoms with E-state index in [0.29, 0.717) is 12.8 Å². The molecule has 1 aliphatic heterocycles. The molecule has 2 amide bonds. The van der Waals surface area contributed by atoms with Crippen LogP contribution in [0.1, 0.15) is 38.5 Å². The van der Waals surface area contributed by atoms with Crippen molar-refractivity contribution in [1.82, 2.24) is 5.06 Å². The Bertz CT molecular complexity index is 486. The zero-order chi connectivity index (χ0) is 16.1. The van der Waals surface area contributed by atoms with E-state index >= 15 is 0 Å². The number of hydrogen-bond donors (Lipinski definition) is 0. The van der Waals surface area contributed by atoms with E-state index in [0.717, 1.165) is 6.42 Å². The third-order valence-electron chi connectivity index (χ3n) is 4.81. The average Bonchev–Trinajstić information content (AvgIpc) is 3.14. The van der Waals surface area contributed by atoms with E-state index in [4.69, 9.17) is 0 Å². The fraction of sp³-hybridized carbons (Fsp3) is 0.846. The molecular weight excluding hydrogens is 326 g/mol. The maximum absolute atomic E-state index is 14.2. The monoisotopic (exact) mass is 341 g/mol. The van der Waals surface area contributed by atoms with Crippen LogP contribution in [0.25, 0.3) is 0 Å². The first-order chi connectivity index (χ1) is 10.2. The van der Waals surface area contributed by atoms with Gasteiger partial charge in [0, 0.05) is 18.8 Å². The molecule has 3 rings (SSSR count). The molecule has 0 spiro atoms. The van der Waals surface area contributed by atoms with Crippen molar-refractivity contribution in [2.45, 2.75) is 49.7 Å². The lowest BCUT2D eigenvalue weighted by Gasteiger charge is -2.34. The Morgan fingerprint density at radius 2 is 1.68 bits per heavy atom. The lowest BCUT2D eigenvalue weighted by Crippen LogP contribution is -2.47. The van der Waals surface area contributed by atoms with Crippen LogP contribution in [0.5, 0.6) is 0 Å². The number of amides is 2. The van der Waals surface area contributed by atoms with E-state index in [1.165, 1.54) is 0 Å². The van der Waals surface area contributed by atoms with Crippen LogP contribution in [0.3, 0.4) is 0 Å². The number of nitrogens with zero attached hydrogens (tertiary/aromatic N) is 1. The third kappa shape index (κ3) is 2.51. The first-order valence-corrected chi connectivity index (χ1v) is 7.93. The van der Waals surface area contributed by atoms with Crippen LogP contribution in [0.2, 0.25) is 0 Å². The quantitative estimate of drug-likeness (QED) is 0.437. The van der Waals surface area contributed by atoms with Crippen LogP contribution in [0, 0.1) is 17.8 Å². The molecule has 1 heterocycles. The molecule has 0 N–H and O–H groups in total. The van der Waals surface area contributed by atoms with E-state index in [2.05, 4.69) is 4.28 Å². The lowest BCUT2D eigenvalue weighted by atomic mass is 9.84. The highest BCUT2D eigenvalue weighted by atomic mass is 32.2. The number of hydrogen-bond acceptors (Lipinski definition) is 4. The van der Waals surface area contributed by atoms with E-state index in [-0.39, 0.29) is 36.2 Å². The fourth-order valence-electron chi connectivity index (χ4n) is 3.68. The van der Waals surface area contributed by atoms with Crippen molar-refractivity contribution in [3.8, 4) is 0 Å². The molecule has 2 bridgehead atoms. The number of carbonyl (C=O) groups excluding carboxylic acids is 2. The van der Waals surface area contributed by atoms with Crippen molar-refractivity contribution < 1.29 is 31.4 Å². The van der Waals surface area contributed by atoms with Crippen LogP contribution >= 0.6 is 12.0 Å². The van der Waals surface area contributed by atoms with Crippen molar-refractivity contribution in [2.24, 2.45) is 17.8 Å². The molecule has 0 radical (unpaired) electrons. The molecule has 0 aromatic carbocycles. The highest BCUT2D eigenvalue weighted by molar-refractivity contribution is 7.95. The summed E-state index contributed by atoms with van der Waals surface area (Å²) in [5, 5.41) is -4.35. The molecule has 1 saturated heterocycles. The van der Waals surface area contributed by atoms with Crippen LogP contribution in [0.15, 0.2) is 0 Å². The average molecular weight is 341 g/mol. The zero-order valence-electron chi connectivity index (χ0n) is 11.6. The third-order valence-corrected chi connectivity index (χ3v) is 5.52. The van der Waals surface area contributed by atoms with Crippen LogP contribution in [-0.4, -0.2) is 28.1 Å². The van der Waals surface area contributed by atoms with Gasteiger partial charge in [-0.15, -0.1) is 5.06 Å². The second-order valence-corrected chi connectivity index (χ2v) is 6.99. The smallest absolute Gasteiger partial charge is 0.272 e. The molecule has 0 aromatic rings. The van der Waals surface area contributed by atoms with Crippen LogP contribution in [-0.2, 0) is 13.9 Å². The SMILES string of the molecule is O=C1CCC(=O)N1OSC(F)(F)C(F)(F)C1CC2CCC1C2. The standard InChI is InChI=1S/C13H15F4NO3S/c14-12(15,9-6-7-1-2-8(9)5-7)13(16,17)22-21-18-10(19)3-4-11(18)20/h7-9H,1-6H2. The Morgan fingerprint density at radius 1 is 1.05 bits per heavy atom. The minimum atomic E-state index is -4.49. The van der Waals surface area contributed by atoms with Crippen molar-refractivity contribution in [2.75, 3.05) is 0 Å². The van der Waals surface area contributed by atoms with Gasteiger partial charge < -0.3 is 0 Å². The molecule has 3 fully saturated rings. The molecule has 22 heavy (non-hydrogen) atoms. The molecule has 3 aliphatic rings. The summed E-state index contributed by atoms with van der Waals surface area (Å²) in [5.74, 6) is -7.48. The summed E-state index contributed by atoms with van der Waals surface area (Å²) in [7, 11) is 0. The van der Waals surface area contributed by atoms with Crippen molar-refractivity contribution in [3.05, 3.63) is 0 Å². The number of fused-ring (bicyclic) bond motifs is 2. The first-order valence-electron chi connectivity index (χ1n) is 7.19. The van der Waals surface area contributed by atoms with Gasteiger partial charge in [0.05, 0.1) is 0 Å². The maximum Gasteiger partial charge on any atom is 0.382 e. The molecular formula is C13H15F4NO3S. The second-order valence-electron chi connectivity index (χ2n) is 6.16. The topological polar surface area (TPSA) is 46.6 Å². The summed E-state index contributed by atoms with van der Waals surface area (Å²) in [6.45, 7) is 0. The van der Waals surface area contributed by atoms with Crippen LogP contribution < -0.4 is 0 Å². The van der Waals surface area contributed by atoms with Gasteiger partial charge in [-0.2, -0.15) is 21.8 Å². The molecule has 0 aromatic heterocycles. The summed E-state index contributed by atoms with van der Waals surface area (Å²) in [5.41, 5.74) is 0. The number of rotatable bonds is 5. The first kappa shape index (κ1) is 16.0. The number of carbonyl (C=O) groups is 2. The minimum absolute atomic E-state index is 0.0927. The predicted molar refractivity (Wildman–Crippen MR) is 68.6 cm³/mol. The van der Waals surface area contributed by atoms with Crippen molar-refractivity contribution in [1.29, 1.82) is 0 Å². The maximum atomic E-state index is 14.2. The number of imide groups is 1. The highest BCUT2D eigenvalue weighted by Crippen LogP contribution is 2.59.